The van der Waals surface area contributed by atoms with Gasteiger partial charge in [-0.2, -0.15) is 0 Å². The molecule has 3 saturated carbocycles. The van der Waals surface area contributed by atoms with E-state index in [0.717, 1.165) is 6.42 Å². The Morgan fingerprint density at radius 1 is 1.14 bits per heavy atom. The van der Waals surface area contributed by atoms with Gasteiger partial charge in [0.15, 0.2) is 0 Å². The number of fused-ring (bicyclic) bond motifs is 9. The molecule has 22 heavy (non-hydrogen) atoms. The van der Waals surface area contributed by atoms with E-state index in [1.54, 1.807) is 7.11 Å². The lowest BCUT2D eigenvalue weighted by Crippen LogP contribution is -2.47. The van der Waals surface area contributed by atoms with Gasteiger partial charge < -0.3 is 4.74 Å². The van der Waals surface area contributed by atoms with Gasteiger partial charge in [-0.05, 0) is 54.4 Å². The van der Waals surface area contributed by atoms with Gasteiger partial charge in [0.25, 0.3) is 0 Å². The summed E-state index contributed by atoms with van der Waals surface area (Å²) in [6.07, 6.45) is 8.45. The van der Waals surface area contributed by atoms with Crippen molar-refractivity contribution < 1.29 is 9.53 Å². The summed E-state index contributed by atoms with van der Waals surface area (Å²) in [4.78, 5) is 12.2. The molecule has 3 fully saturated rings. The maximum Gasteiger partial charge on any atom is 0.308 e. The van der Waals surface area contributed by atoms with Gasteiger partial charge in [-0.3, -0.25) is 4.79 Å². The molecule has 0 aliphatic heterocycles. The third kappa shape index (κ3) is 1.31. The number of ether oxygens (including phenoxy) is 1. The predicted molar refractivity (Wildman–Crippen MR) is 84.1 cm³/mol. The molecule has 7 unspecified atom stereocenters. The highest BCUT2D eigenvalue weighted by atomic mass is 16.5. The molecule has 2 heteroatoms. The molecule has 0 saturated heterocycles. The van der Waals surface area contributed by atoms with Gasteiger partial charge in [0.1, 0.15) is 0 Å². The van der Waals surface area contributed by atoms with Crippen molar-refractivity contribution in [3.05, 3.63) is 48.0 Å². The van der Waals surface area contributed by atoms with Crippen molar-refractivity contribution >= 4 is 5.97 Å². The van der Waals surface area contributed by atoms with Crippen LogP contribution < -0.4 is 0 Å². The second-order valence-electron chi connectivity index (χ2n) is 7.68. The van der Waals surface area contributed by atoms with E-state index in [1.165, 1.54) is 18.4 Å². The number of esters is 1. The molecule has 7 atom stereocenters. The van der Waals surface area contributed by atoms with Crippen molar-refractivity contribution in [3.63, 3.8) is 0 Å². The third-order valence-corrected chi connectivity index (χ3v) is 7.27. The van der Waals surface area contributed by atoms with Crippen LogP contribution in [0.1, 0.15) is 24.8 Å². The highest BCUT2D eigenvalue weighted by Gasteiger charge is 2.71. The molecule has 0 spiro atoms. The summed E-state index contributed by atoms with van der Waals surface area (Å²) in [6.45, 7) is 0. The number of carbonyl (C=O) groups excluding carboxylic acids is 1. The van der Waals surface area contributed by atoms with Gasteiger partial charge in [-0.25, -0.2) is 0 Å². The van der Waals surface area contributed by atoms with E-state index in [2.05, 4.69) is 42.5 Å². The number of allylic oxidation sites excluding steroid dienone is 2. The van der Waals surface area contributed by atoms with E-state index in [1.807, 2.05) is 0 Å². The summed E-state index contributed by atoms with van der Waals surface area (Å²) in [5.74, 6) is 3.34. The van der Waals surface area contributed by atoms with Gasteiger partial charge in [-0.1, -0.05) is 42.5 Å². The van der Waals surface area contributed by atoms with Crippen molar-refractivity contribution in [1.29, 1.82) is 0 Å². The lowest BCUT2D eigenvalue weighted by Gasteiger charge is -2.47. The summed E-state index contributed by atoms with van der Waals surface area (Å²) in [6, 6.07) is 11.1. The number of carbonyl (C=O) groups is 1. The molecule has 0 heterocycles. The van der Waals surface area contributed by atoms with Crippen LogP contribution in [0.2, 0.25) is 0 Å². The second-order valence-corrected chi connectivity index (χ2v) is 7.68. The third-order valence-electron chi connectivity index (χ3n) is 7.27. The number of methoxy groups -OCH3 is 1. The Hall–Kier alpha value is -1.57. The van der Waals surface area contributed by atoms with Gasteiger partial charge in [0.05, 0.1) is 13.0 Å². The van der Waals surface area contributed by atoms with Crippen LogP contribution in [0, 0.1) is 35.5 Å². The standard InChI is InChI=1S/C20H22O2/c1-22-19(21)17-11-15-10-16(17)18-12-7-8-14(9-12)20(15,18)13-5-3-2-4-6-13/h2-8,12,14-18H,9-11H2,1H3. The van der Waals surface area contributed by atoms with E-state index in [9.17, 15) is 4.79 Å². The molecule has 1 aromatic rings. The van der Waals surface area contributed by atoms with Gasteiger partial charge in [0, 0.05) is 5.41 Å². The average molecular weight is 294 g/mol. The molecule has 0 amide bonds. The van der Waals surface area contributed by atoms with Crippen molar-refractivity contribution in [1.82, 2.24) is 0 Å². The number of rotatable bonds is 2. The molecule has 4 aliphatic rings. The van der Waals surface area contributed by atoms with Gasteiger partial charge in [0.2, 0.25) is 0 Å². The van der Waals surface area contributed by atoms with Crippen LogP contribution in [0.5, 0.6) is 0 Å². The first kappa shape index (κ1) is 12.9. The summed E-state index contributed by atoms with van der Waals surface area (Å²) in [7, 11) is 1.54. The zero-order chi connectivity index (χ0) is 14.9. The molecule has 114 valence electrons. The first-order valence-electron chi connectivity index (χ1n) is 8.58. The zero-order valence-corrected chi connectivity index (χ0v) is 12.9. The number of hydrogen-bond donors (Lipinski definition) is 0. The van der Waals surface area contributed by atoms with E-state index < -0.39 is 0 Å². The average Bonchev–Trinajstić information content (AvgIpc) is 3.31. The van der Waals surface area contributed by atoms with Crippen LogP contribution in [-0.2, 0) is 14.9 Å². The van der Waals surface area contributed by atoms with Crippen molar-refractivity contribution in [3.8, 4) is 0 Å². The fourth-order valence-electron chi connectivity index (χ4n) is 6.84. The molecular weight excluding hydrogens is 272 g/mol. The first-order valence-corrected chi connectivity index (χ1v) is 8.58. The first-order chi connectivity index (χ1) is 10.8. The molecule has 2 nitrogen and oxygen atoms in total. The maximum absolute atomic E-state index is 12.2. The Balaban J connectivity index is 1.64. The predicted octanol–water partition coefficient (Wildman–Crippen LogP) is 3.58. The minimum absolute atomic E-state index is 0.0286. The Labute approximate surface area is 131 Å². The highest BCUT2D eigenvalue weighted by Crippen LogP contribution is 2.73. The number of benzene rings is 1. The molecule has 5 rings (SSSR count). The fourth-order valence-corrected chi connectivity index (χ4v) is 6.84. The summed E-state index contributed by atoms with van der Waals surface area (Å²) < 4.78 is 5.10. The zero-order valence-electron chi connectivity index (χ0n) is 12.9. The SMILES string of the molecule is COC(=O)C1CC2CC1C1C3C=CC(C3)C21c1ccccc1. The molecule has 0 radical (unpaired) electrons. The fraction of sp³-hybridized carbons (Fsp3) is 0.550. The summed E-state index contributed by atoms with van der Waals surface area (Å²) in [5.41, 5.74) is 1.82. The second kappa shape index (κ2) is 4.24. The molecular formula is C20H22O2. The largest absolute Gasteiger partial charge is 0.469 e. The van der Waals surface area contributed by atoms with Crippen LogP contribution >= 0.6 is 0 Å². The van der Waals surface area contributed by atoms with Gasteiger partial charge in [-0.15, -0.1) is 0 Å². The minimum Gasteiger partial charge on any atom is -0.469 e. The lowest BCUT2D eigenvalue weighted by molar-refractivity contribution is -0.149. The Morgan fingerprint density at radius 3 is 2.73 bits per heavy atom. The summed E-state index contributed by atoms with van der Waals surface area (Å²) >= 11 is 0. The van der Waals surface area contributed by atoms with Crippen LogP contribution in [0.15, 0.2) is 42.5 Å². The molecule has 4 bridgehead atoms. The summed E-state index contributed by atoms with van der Waals surface area (Å²) in [5, 5.41) is 0. The Kier molecular flexibility index (Phi) is 2.49. The quantitative estimate of drug-likeness (QED) is 0.473. The van der Waals surface area contributed by atoms with Crippen molar-refractivity contribution in [2.45, 2.75) is 24.7 Å². The maximum atomic E-state index is 12.2. The Bertz CT molecular complexity index is 649. The van der Waals surface area contributed by atoms with E-state index in [0.29, 0.717) is 35.0 Å². The monoisotopic (exact) mass is 294 g/mol. The Morgan fingerprint density at radius 2 is 1.95 bits per heavy atom. The minimum atomic E-state index is 0.0286. The van der Waals surface area contributed by atoms with Gasteiger partial charge >= 0.3 is 5.97 Å². The normalized spacial score (nSPS) is 47.0. The van der Waals surface area contributed by atoms with E-state index >= 15 is 0 Å². The molecule has 1 aromatic carbocycles. The molecule has 4 aliphatic carbocycles. The topological polar surface area (TPSA) is 26.3 Å². The van der Waals surface area contributed by atoms with Crippen molar-refractivity contribution in [2.75, 3.05) is 7.11 Å². The van der Waals surface area contributed by atoms with Crippen LogP contribution in [0.4, 0.5) is 0 Å². The highest BCUT2D eigenvalue weighted by molar-refractivity contribution is 5.74. The van der Waals surface area contributed by atoms with Crippen molar-refractivity contribution in [2.24, 2.45) is 35.5 Å². The molecule has 0 N–H and O–H groups in total. The van der Waals surface area contributed by atoms with Crippen LogP contribution in [0.3, 0.4) is 0 Å². The smallest absolute Gasteiger partial charge is 0.308 e. The molecule has 0 aromatic heterocycles. The van der Waals surface area contributed by atoms with Crippen LogP contribution in [0.25, 0.3) is 0 Å². The van der Waals surface area contributed by atoms with E-state index in [4.69, 9.17) is 4.74 Å². The number of hydrogen-bond acceptors (Lipinski definition) is 2. The lowest BCUT2D eigenvalue weighted by atomic mass is 9.56. The van der Waals surface area contributed by atoms with Crippen LogP contribution in [-0.4, -0.2) is 13.1 Å². The van der Waals surface area contributed by atoms with E-state index in [-0.39, 0.29) is 11.9 Å².